The molecule has 0 aliphatic carbocycles. The summed E-state index contributed by atoms with van der Waals surface area (Å²) in [6.07, 6.45) is 0.983. The lowest BCUT2D eigenvalue weighted by Gasteiger charge is -2.07. The predicted molar refractivity (Wildman–Crippen MR) is 78.2 cm³/mol. The van der Waals surface area contributed by atoms with Gasteiger partial charge in [0.05, 0.1) is 0 Å². The molecule has 1 nitrogen and oxygen atoms in total. The van der Waals surface area contributed by atoms with Gasteiger partial charge in [-0.3, -0.25) is 0 Å². The van der Waals surface area contributed by atoms with Crippen LogP contribution in [0.15, 0.2) is 67.2 Å². The molecular formula is C17H19N. The SMILES string of the molecule is C=C(CCNCc1ccccc1)c1ccccc1. The minimum Gasteiger partial charge on any atom is -0.312 e. The van der Waals surface area contributed by atoms with Crippen LogP contribution < -0.4 is 5.32 Å². The van der Waals surface area contributed by atoms with E-state index in [1.165, 1.54) is 16.7 Å². The molecule has 2 aromatic rings. The molecular weight excluding hydrogens is 218 g/mol. The molecule has 0 heterocycles. The molecule has 1 heteroatoms. The van der Waals surface area contributed by atoms with Crippen molar-refractivity contribution >= 4 is 5.57 Å². The second-order valence-corrected chi connectivity index (χ2v) is 4.38. The quantitative estimate of drug-likeness (QED) is 0.752. The Kier molecular flexibility index (Phi) is 4.74. The molecule has 0 radical (unpaired) electrons. The highest BCUT2D eigenvalue weighted by atomic mass is 14.8. The van der Waals surface area contributed by atoms with E-state index in [0.29, 0.717) is 0 Å². The molecule has 1 N–H and O–H groups in total. The van der Waals surface area contributed by atoms with Crippen molar-refractivity contribution in [3.63, 3.8) is 0 Å². The van der Waals surface area contributed by atoms with Gasteiger partial charge in [-0.05, 0) is 29.7 Å². The zero-order valence-corrected chi connectivity index (χ0v) is 10.6. The van der Waals surface area contributed by atoms with Crippen LogP contribution in [-0.2, 0) is 6.54 Å². The minimum absolute atomic E-state index is 0.920. The van der Waals surface area contributed by atoms with Gasteiger partial charge in [0.25, 0.3) is 0 Å². The number of benzene rings is 2. The zero-order chi connectivity index (χ0) is 12.6. The topological polar surface area (TPSA) is 12.0 Å². The summed E-state index contributed by atoms with van der Waals surface area (Å²) in [6.45, 7) is 6.01. The summed E-state index contributed by atoms with van der Waals surface area (Å²) < 4.78 is 0. The Morgan fingerprint density at radius 2 is 1.50 bits per heavy atom. The Hall–Kier alpha value is -1.86. The number of nitrogens with one attached hydrogen (secondary N) is 1. The Balaban J connectivity index is 1.72. The van der Waals surface area contributed by atoms with E-state index in [-0.39, 0.29) is 0 Å². The van der Waals surface area contributed by atoms with Gasteiger partial charge in [-0.15, -0.1) is 0 Å². The van der Waals surface area contributed by atoms with Gasteiger partial charge in [0.2, 0.25) is 0 Å². The molecule has 0 fully saturated rings. The van der Waals surface area contributed by atoms with E-state index < -0.39 is 0 Å². The van der Waals surface area contributed by atoms with Crippen molar-refractivity contribution in [3.8, 4) is 0 Å². The Morgan fingerprint density at radius 3 is 2.17 bits per heavy atom. The van der Waals surface area contributed by atoms with E-state index in [2.05, 4.69) is 60.4 Å². The number of hydrogen-bond donors (Lipinski definition) is 1. The lowest BCUT2D eigenvalue weighted by atomic mass is 10.1. The highest BCUT2D eigenvalue weighted by Gasteiger charge is 1.97. The summed E-state index contributed by atoms with van der Waals surface area (Å²) in [6, 6.07) is 20.8. The van der Waals surface area contributed by atoms with Gasteiger partial charge in [0.15, 0.2) is 0 Å². The normalized spacial score (nSPS) is 10.2. The Morgan fingerprint density at radius 1 is 0.889 bits per heavy atom. The lowest BCUT2D eigenvalue weighted by molar-refractivity contribution is 0.700. The maximum atomic E-state index is 4.13. The maximum Gasteiger partial charge on any atom is 0.0205 e. The fourth-order valence-corrected chi connectivity index (χ4v) is 1.89. The summed E-state index contributed by atoms with van der Waals surface area (Å²) in [5, 5.41) is 3.44. The Bertz CT molecular complexity index is 473. The van der Waals surface area contributed by atoms with Crippen LogP contribution in [-0.4, -0.2) is 6.54 Å². The third-order valence-corrected chi connectivity index (χ3v) is 2.96. The van der Waals surface area contributed by atoms with E-state index >= 15 is 0 Å². The van der Waals surface area contributed by atoms with Gasteiger partial charge >= 0.3 is 0 Å². The maximum absolute atomic E-state index is 4.13. The highest BCUT2D eigenvalue weighted by Crippen LogP contribution is 2.14. The molecule has 0 aromatic heterocycles. The van der Waals surface area contributed by atoms with Crippen LogP contribution in [0.5, 0.6) is 0 Å². The fraction of sp³-hybridized carbons (Fsp3) is 0.176. The van der Waals surface area contributed by atoms with E-state index in [4.69, 9.17) is 0 Å². The zero-order valence-electron chi connectivity index (χ0n) is 10.6. The summed E-state index contributed by atoms with van der Waals surface area (Å²) >= 11 is 0. The average Bonchev–Trinajstić information content (AvgIpc) is 2.45. The van der Waals surface area contributed by atoms with Gasteiger partial charge in [0.1, 0.15) is 0 Å². The van der Waals surface area contributed by atoms with Crippen molar-refractivity contribution in [2.24, 2.45) is 0 Å². The first-order chi connectivity index (χ1) is 8.86. The monoisotopic (exact) mass is 237 g/mol. The molecule has 0 amide bonds. The van der Waals surface area contributed by atoms with Crippen LogP contribution >= 0.6 is 0 Å². The Labute approximate surface area is 109 Å². The van der Waals surface area contributed by atoms with Crippen LogP contribution in [0.25, 0.3) is 5.57 Å². The minimum atomic E-state index is 0.920. The lowest BCUT2D eigenvalue weighted by Crippen LogP contribution is -2.14. The second kappa shape index (κ2) is 6.77. The third kappa shape index (κ3) is 3.86. The smallest absolute Gasteiger partial charge is 0.0205 e. The van der Waals surface area contributed by atoms with Crippen molar-refractivity contribution in [1.82, 2.24) is 5.32 Å². The van der Waals surface area contributed by atoms with Crippen molar-refractivity contribution in [2.45, 2.75) is 13.0 Å². The fourth-order valence-electron chi connectivity index (χ4n) is 1.89. The number of rotatable bonds is 6. The molecule has 92 valence electrons. The highest BCUT2D eigenvalue weighted by molar-refractivity contribution is 5.63. The van der Waals surface area contributed by atoms with Gasteiger partial charge in [0, 0.05) is 6.54 Å². The van der Waals surface area contributed by atoms with E-state index in [1.54, 1.807) is 0 Å². The van der Waals surface area contributed by atoms with E-state index in [0.717, 1.165) is 19.5 Å². The molecule has 2 rings (SSSR count). The molecule has 0 bridgehead atoms. The molecule has 18 heavy (non-hydrogen) atoms. The molecule has 2 aromatic carbocycles. The third-order valence-electron chi connectivity index (χ3n) is 2.96. The first kappa shape index (κ1) is 12.6. The second-order valence-electron chi connectivity index (χ2n) is 4.38. The standard InChI is InChI=1S/C17H19N/c1-15(17-10-6-3-7-11-17)12-13-18-14-16-8-4-2-5-9-16/h2-11,18H,1,12-14H2. The average molecular weight is 237 g/mol. The van der Waals surface area contributed by atoms with Crippen LogP contribution in [0.2, 0.25) is 0 Å². The van der Waals surface area contributed by atoms with Crippen molar-refractivity contribution < 1.29 is 0 Å². The van der Waals surface area contributed by atoms with Crippen molar-refractivity contribution in [1.29, 1.82) is 0 Å². The molecule has 0 unspecified atom stereocenters. The summed E-state index contributed by atoms with van der Waals surface area (Å²) in [5.74, 6) is 0. The van der Waals surface area contributed by atoms with Gasteiger partial charge in [-0.1, -0.05) is 67.2 Å². The van der Waals surface area contributed by atoms with Crippen LogP contribution in [0.3, 0.4) is 0 Å². The molecule has 0 aliphatic heterocycles. The van der Waals surface area contributed by atoms with Gasteiger partial charge < -0.3 is 5.32 Å². The van der Waals surface area contributed by atoms with Gasteiger partial charge in [-0.2, -0.15) is 0 Å². The summed E-state index contributed by atoms with van der Waals surface area (Å²) in [7, 11) is 0. The molecule has 0 saturated carbocycles. The number of hydrogen-bond acceptors (Lipinski definition) is 1. The van der Waals surface area contributed by atoms with Gasteiger partial charge in [-0.25, -0.2) is 0 Å². The molecule has 0 saturated heterocycles. The largest absolute Gasteiger partial charge is 0.312 e. The van der Waals surface area contributed by atoms with Crippen LogP contribution in [0.1, 0.15) is 17.5 Å². The first-order valence-corrected chi connectivity index (χ1v) is 6.34. The summed E-state index contributed by atoms with van der Waals surface area (Å²) in [4.78, 5) is 0. The van der Waals surface area contributed by atoms with Crippen LogP contribution in [0.4, 0.5) is 0 Å². The first-order valence-electron chi connectivity index (χ1n) is 6.34. The van der Waals surface area contributed by atoms with Crippen molar-refractivity contribution in [2.75, 3.05) is 6.54 Å². The summed E-state index contributed by atoms with van der Waals surface area (Å²) in [5.41, 5.74) is 3.75. The van der Waals surface area contributed by atoms with E-state index in [1.807, 2.05) is 12.1 Å². The molecule has 0 atom stereocenters. The molecule has 0 aliphatic rings. The molecule has 0 spiro atoms. The van der Waals surface area contributed by atoms with E-state index in [9.17, 15) is 0 Å². The predicted octanol–water partition coefficient (Wildman–Crippen LogP) is 3.88. The van der Waals surface area contributed by atoms with Crippen LogP contribution in [0, 0.1) is 0 Å². The van der Waals surface area contributed by atoms with Crippen molar-refractivity contribution in [3.05, 3.63) is 78.4 Å².